The Balaban J connectivity index is 0.976. The van der Waals surface area contributed by atoms with E-state index in [1.165, 1.54) is 43.7 Å². The first-order chi connectivity index (χ1) is 30.2. The third-order valence-electron chi connectivity index (χ3n) is 12.0. The molecule has 0 N–H and O–H groups in total. The van der Waals surface area contributed by atoms with Crippen molar-refractivity contribution in [2.45, 2.75) is 0 Å². The van der Waals surface area contributed by atoms with Crippen LogP contribution < -0.4 is 4.90 Å². The van der Waals surface area contributed by atoms with Crippen LogP contribution >= 0.6 is 0 Å². The number of aromatic nitrogens is 2. The van der Waals surface area contributed by atoms with Crippen molar-refractivity contribution in [3.05, 3.63) is 224 Å². The van der Waals surface area contributed by atoms with Gasteiger partial charge in [-0.25, -0.2) is 4.98 Å². The Morgan fingerprint density at radius 2 is 1.02 bits per heavy atom. The Morgan fingerprint density at radius 3 is 1.82 bits per heavy atom. The standard InChI is InChI=1S/C57H37N3O/c1-3-13-41(14-4-1)57-58-56-51-20-11-19-48(49(51)33-35-55(56)61-57)40-26-30-46(31-27-40)59(45-28-24-39(25-29-45)43-23-22-38-12-7-8-15-42(38)36-43)47-32-34-54-52(37-47)50-18-9-10-21-53(50)60(54)44-16-5-2-6-17-44/h1-37H. The van der Waals surface area contributed by atoms with Crippen LogP contribution in [-0.2, 0) is 0 Å². The maximum absolute atomic E-state index is 6.24. The highest BCUT2D eigenvalue weighted by Crippen LogP contribution is 2.42. The van der Waals surface area contributed by atoms with Gasteiger partial charge in [-0.05, 0) is 129 Å². The molecule has 0 amide bonds. The molecule has 12 aromatic rings. The van der Waals surface area contributed by atoms with Gasteiger partial charge in [-0.1, -0.05) is 133 Å². The zero-order chi connectivity index (χ0) is 40.3. The van der Waals surface area contributed by atoms with Gasteiger partial charge in [0.2, 0.25) is 5.89 Å². The first-order valence-corrected chi connectivity index (χ1v) is 20.7. The minimum absolute atomic E-state index is 0.631. The predicted molar refractivity (Wildman–Crippen MR) is 254 cm³/mol. The lowest BCUT2D eigenvalue weighted by Crippen LogP contribution is -2.10. The van der Waals surface area contributed by atoms with Gasteiger partial charge in [0, 0.05) is 44.5 Å². The van der Waals surface area contributed by atoms with E-state index in [9.17, 15) is 0 Å². The van der Waals surface area contributed by atoms with Crippen molar-refractivity contribution >= 4 is 71.5 Å². The second-order valence-corrected chi connectivity index (χ2v) is 15.6. The predicted octanol–water partition coefficient (Wildman–Crippen LogP) is 15.7. The molecule has 2 heterocycles. The first kappa shape index (κ1) is 34.8. The van der Waals surface area contributed by atoms with E-state index in [0.29, 0.717) is 5.89 Å². The second-order valence-electron chi connectivity index (χ2n) is 15.6. The molecule has 0 saturated heterocycles. The van der Waals surface area contributed by atoms with Gasteiger partial charge in [0.1, 0.15) is 5.52 Å². The fraction of sp³-hybridized carbons (Fsp3) is 0. The summed E-state index contributed by atoms with van der Waals surface area (Å²) in [5.41, 5.74) is 14.0. The van der Waals surface area contributed by atoms with E-state index in [-0.39, 0.29) is 0 Å². The number of hydrogen-bond acceptors (Lipinski definition) is 3. The number of benzene rings is 10. The molecule has 0 bridgehead atoms. The van der Waals surface area contributed by atoms with E-state index < -0.39 is 0 Å². The zero-order valence-electron chi connectivity index (χ0n) is 33.1. The van der Waals surface area contributed by atoms with E-state index in [4.69, 9.17) is 9.40 Å². The lowest BCUT2D eigenvalue weighted by Gasteiger charge is -2.26. The van der Waals surface area contributed by atoms with Crippen LogP contribution in [0.15, 0.2) is 229 Å². The highest BCUT2D eigenvalue weighted by molar-refractivity contribution is 6.11. The largest absolute Gasteiger partial charge is 0.436 e. The normalized spacial score (nSPS) is 11.6. The zero-order valence-corrected chi connectivity index (χ0v) is 33.1. The fourth-order valence-electron chi connectivity index (χ4n) is 9.07. The highest BCUT2D eigenvalue weighted by Gasteiger charge is 2.19. The van der Waals surface area contributed by atoms with Crippen LogP contribution in [0.4, 0.5) is 17.1 Å². The number of nitrogens with zero attached hydrogens (tertiary/aromatic N) is 3. The molecular weight excluding hydrogens is 743 g/mol. The minimum Gasteiger partial charge on any atom is -0.436 e. The van der Waals surface area contributed by atoms with E-state index >= 15 is 0 Å². The van der Waals surface area contributed by atoms with E-state index in [1.54, 1.807) is 0 Å². The molecule has 0 aliphatic rings. The molecule has 61 heavy (non-hydrogen) atoms. The maximum Gasteiger partial charge on any atom is 0.227 e. The number of oxazole rings is 1. The van der Waals surface area contributed by atoms with E-state index in [0.717, 1.165) is 61.3 Å². The topological polar surface area (TPSA) is 34.2 Å². The smallest absolute Gasteiger partial charge is 0.227 e. The van der Waals surface area contributed by atoms with E-state index in [1.807, 2.05) is 36.4 Å². The summed E-state index contributed by atoms with van der Waals surface area (Å²) in [6.45, 7) is 0. The molecule has 0 fully saturated rings. The average molecular weight is 780 g/mol. The molecule has 0 aliphatic heterocycles. The van der Waals surface area contributed by atoms with Gasteiger partial charge in [-0.3, -0.25) is 0 Å². The summed E-state index contributed by atoms with van der Waals surface area (Å²) >= 11 is 0. The second kappa shape index (κ2) is 14.3. The van der Waals surface area contributed by atoms with Crippen molar-refractivity contribution in [1.82, 2.24) is 9.55 Å². The summed E-state index contributed by atoms with van der Waals surface area (Å²) in [6.07, 6.45) is 0. The summed E-state index contributed by atoms with van der Waals surface area (Å²) in [4.78, 5) is 7.34. The van der Waals surface area contributed by atoms with Crippen LogP contribution in [0, 0.1) is 0 Å². The van der Waals surface area contributed by atoms with Gasteiger partial charge in [-0.2, -0.15) is 0 Å². The molecule has 0 radical (unpaired) electrons. The lowest BCUT2D eigenvalue weighted by atomic mass is 9.97. The number of para-hydroxylation sites is 2. The van der Waals surface area contributed by atoms with E-state index in [2.05, 4.69) is 198 Å². The highest BCUT2D eigenvalue weighted by atomic mass is 16.3. The van der Waals surface area contributed by atoms with Crippen molar-refractivity contribution < 1.29 is 4.42 Å². The maximum atomic E-state index is 6.24. The molecule has 12 rings (SSSR count). The summed E-state index contributed by atoms with van der Waals surface area (Å²) in [5.74, 6) is 0.631. The van der Waals surface area contributed by atoms with Crippen LogP contribution in [0.25, 0.3) is 93.8 Å². The van der Waals surface area contributed by atoms with Crippen LogP contribution in [-0.4, -0.2) is 9.55 Å². The molecule has 0 saturated carbocycles. The fourth-order valence-corrected chi connectivity index (χ4v) is 9.07. The van der Waals surface area contributed by atoms with Crippen molar-refractivity contribution in [2.75, 3.05) is 4.90 Å². The number of anilines is 3. The third kappa shape index (κ3) is 5.96. The molecule has 286 valence electrons. The molecule has 0 atom stereocenters. The molecule has 0 spiro atoms. The Labute approximate surface area is 352 Å². The van der Waals surface area contributed by atoms with Crippen molar-refractivity contribution in [3.63, 3.8) is 0 Å². The third-order valence-corrected chi connectivity index (χ3v) is 12.0. The van der Waals surface area contributed by atoms with Crippen molar-refractivity contribution in [3.8, 4) is 39.4 Å². The van der Waals surface area contributed by atoms with Crippen LogP contribution in [0.3, 0.4) is 0 Å². The lowest BCUT2D eigenvalue weighted by molar-refractivity contribution is 0.620. The molecule has 2 aromatic heterocycles. The molecule has 0 aliphatic carbocycles. The summed E-state index contributed by atoms with van der Waals surface area (Å²) < 4.78 is 8.61. The van der Waals surface area contributed by atoms with Gasteiger partial charge in [0.25, 0.3) is 0 Å². The first-order valence-electron chi connectivity index (χ1n) is 20.7. The monoisotopic (exact) mass is 779 g/mol. The summed E-state index contributed by atoms with van der Waals surface area (Å²) in [7, 11) is 0. The van der Waals surface area contributed by atoms with Gasteiger partial charge >= 0.3 is 0 Å². The Kier molecular flexibility index (Phi) is 8.13. The number of fused-ring (bicyclic) bond motifs is 7. The van der Waals surface area contributed by atoms with Gasteiger partial charge in [-0.15, -0.1) is 0 Å². The molecule has 4 nitrogen and oxygen atoms in total. The van der Waals surface area contributed by atoms with Crippen molar-refractivity contribution in [1.29, 1.82) is 0 Å². The number of hydrogen-bond donors (Lipinski definition) is 0. The average Bonchev–Trinajstić information content (AvgIpc) is 3.93. The summed E-state index contributed by atoms with van der Waals surface area (Å²) in [5, 5.41) is 7.11. The number of rotatable bonds is 7. The SMILES string of the molecule is c1ccc(-c2nc3c(ccc4c(-c5ccc(N(c6ccc(-c7ccc8ccccc8c7)cc6)c6ccc7c(c6)c6ccccc6n7-c6ccccc6)cc5)cccc43)o2)cc1. The molecule has 4 heteroatoms. The summed E-state index contributed by atoms with van der Waals surface area (Å²) in [6, 6.07) is 80.1. The Bertz CT molecular complexity index is 3570. The van der Waals surface area contributed by atoms with Gasteiger partial charge in [0.05, 0.1) is 11.0 Å². The Morgan fingerprint density at radius 1 is 0.377 bits per heavy atom. The van der Waals surface area contributed by atoms with Crippen LogP contribution in [0.1, 0.15) is 0 Å². The molecular formula is C57H37N3O. The minimum atomic E-state index is 0.631. The quantitative estimate of drug-likeness (QED) is 0.162. The van der Waals surface area contributed by atoms with Crippen molar-refractivity contribution in [2.24, 2.45) is 0 Å². The molecule has 0 unspecified atom stereocenters. The Hall–Kier alpha value is -8.21. The molecule has 10 aromatic carbocycles. The van der Waals surface area contributed by atoms with Gasteiger partial charge < -0.3 is 13.9 Å². The van der Waals surface area contributed by atoms with Gasteiger partial charge in [0.15, 0.2) is 5.58 Å². The van der Waals surface area contributed by atoms with Crippen LogP contribution in [0.5, 0.6) is 0 Å². The van der Waals surface area contributed by atoms with Crippen LogP contribution in [0.2, 0.25) is 0 Å².